The van der Waals surface area contributed by atoms with Crippen molar-refractivity contribution in [3.63, 3.8) is 0 Å². The number of hydrogen-bond donors (Lipinski definition) is 2. The molecule has 0 spiro atoms. The van der Waals surface area contributed by atoms with Crippen molar-refractivity contribution >= 4 is 34.7 Å². The van der Waals surface area contributed by atoms with E-state index >= 15 is 0 Å². The summed E-state index contributed by atoms with van der Waals surface area (Å²) in [5, 5.41) is 19.5. The highest BCUT2D eigenvalue weighted by molar-refractivity contribution is 5.91. The Morgan fingerprint density at radius 3 is 1.33 bits per heavy atom. The third-order valence-electron chi connectivity index (χ3n) is 13.6. The molecule has 2 heterocycles. The number of anilines is 4. The van der Waals surface area contributed by atoms with Crippen molar-refractivity contribution in [2.45, 2.75) is 102 Å². The van der Waals surface area contributed by atoms with E-state index in [2.05, 4.69) is 94.5 Å². The molecule has 6 aromatic rings. The summed E-state index contributed by atoms with van der Waals surface area (Å²) >= 11 is 0. The Bertz CT molecular complexity index is 2400. The number of aryl methyl sites for hydroxylation is 4. The smallest absolute Gasteiger partial charge is 0.338 e. The van der Waals surface area contributed by atoms with Gasteiger partial charge in [0.05, 0.1) is 37.6 Å². The van der Waals surface area contributed by atoms with Crippen molar-refractivity contribution < 1.29 is 29.3 Å². The topological polar surface area (TPSA) is 125 Å². The van der Waals surface area contributed by atoms with Crippen LogP contribution in [-0.4, -0.2) is 60.4 Å². The molecule has 0 radical (unpaired) electrons. The van der Waals surface area contributed by atoms with Gasteiger partial charge in [-0.1, -0.05) is 36.4 Å². The summed E-state index contributed by atoms with van der Waals surface area (Å²) in [5.41, 5.74) is 15.2. The van der Waals surface area contributed by atoms with E-state index in [1.54, 1.807) is 50.8 Å². The highest BCUT2D eigenvalue weighted by Gasteiger charge is 2.24. The fourth-order valence-corrected chi connectivity index (χ4v) is 9.60. The second-order valence-corrected chi connectivity index (χ2v) is 17.7. The zero-order valence-electron chi connectivity index (χ0n) is 39.2. The number of rotatable bonds is 14. The number of esters is 2. The number of aromatic nitrogens is 2. The summed E-state index contributed by atoms with van der Waals surface area (Å²) < 4.78 is 9.86. The fourth-order valence-electron chi connectivity index (χ4n) is 9.60. The first-order valence-electron chi connectivity index (χ1n) is 23.3. The van der Waals surface area contributed by atoms with E-state index in [4.69, 9.17) is 9.47 Å². The molecule has 2 aliphatic rings. The van der Waals surface area contributed by atoms with E-state index < -0.39 is 12.2 Å². The minimum Gasteiger partial charge on any atom is -0.465 e. The highest BCUT2D eigenvalue weighted by atomic mass is 16.5. The second kappa shape index (κ2) is 22.2. The number of hydrogen-bond acceptors (Lipinski definition) is 10. The van der Waals surface area contributed by atoms with Gasteiger partial charge in [0.2, 0.25) is 0 Å². The zero-order chi connectivity index (χ0) is 46.7. The molecular weight excluding hydrogens is 825 g/mol. The van der Waals surface area contributed by atoms with Crippen LogP contribution in [0, 0.1) is 0 Å². The van der Waals surface area contributed by atoms with E-state index in [0.717, 1.165) is 85.0 Å². The number of fused-ring (bicyclic) bond motifs is 2. The molecule has 2 aliphatic carbocycles. The molecule has 4 atom stereocenters. The molecule has 10 heteroatoms. The summed E-state index contributed by atoms with van der Waals surface area (Å²) in [7, 11) is 6.99. The Morgan fingerprint density at radius 1 is 0.591 bits per heavy atom. The van der Waals surface area contributed by atoms with Crippen molar-refractivity contribution in [3.05, 3.63) is 177 Å². The highest BCUT2D eigenvalue weighted by Crippen LogP contribution is 2.40. The summed E-state index contributed by atoms with van der Waals surface area (Å²) in [6, 6.07) is 33.2. The Hall–Kier alpha value is -6.36. The monoisotopic (exact) mass is 888 g/mol. The number of nitrogens with zero attached hydrogens (tertiary/aromatic N) is 4. The van der Waals surface area contributed by atoms with Gasteiger partial charge in [0.15, 0.2) is 0 Å². The lowest BCUT2D eigenvalue weighted by Crippen LogP contribution is -2.15. The predicted molar refractivity (Wildman–Crippen MR) is 262 cm³/mol. The molecule has 10 nitrogen and oxygen atoms in total. The number of carbonyl (C=O) groups is 2. The summed E-state index contributed by atoms with van der Waals surface area (Å²) in [4.78, 5) is 37.0. The van der Waals surface area contributed by atoms with Crippen LogP contribution in [0.3, 0.4) is 0 Å². The van der Waals surface area contributed by atoms with Gasteiger partial charge >= 0.3 is 11.9 Å². The largest absolute Gasteiger partial charge is 0.465 e. The van der Waals surface area contributed by atoms with E-state index in [9.17, 15) is 19.8 Å². The third-order valence-corrected chi connectivity index (χ3v) is 13.6. The molecule has 8 rings (SSSR count). The Morgan fingerprint density at radius 2 is 0.970 bits per heavy atom. The van der Waals surface area contributed by atoms with Crippen molar-refractivity contribution in [2.24, 2.45) is 0 Å². The average molecular weight is 889 g/mol. The summed E-state index contributed by atoms with van der Waals surface area (Å²) in [6.45, 7) is 3.56. The van der Waals surface area contributed by atoms with Gasteiger partial charge in [-0.3, -0.25) is 9.97 Å². The van der Waals surface area contributed by atoms with Gasteiger partial charge < -0.3 is 29.5 Å². The van der Waals surface area contributed by atoms with Gasteiger partial charge in [0.1, 0.15) is 0 Å². The quantitative estimate of drug-likeness (QED) is 0.102. The first kappa shape index (κ1) is 47.6. The molecule has 344 valence electrons. The lowest BCUT2D eigenvalue weighted by Gasteiger charge is -2.28. The van der Waals surface area contributed by atoms with Crippen LogP contribution in [0.15, 0.2) is 122 Å². The minimum absolute atomic E-state index is 0.300. The first-order chi connectivity index (χ1) is 31.9. The third kappa shape index (κ3) is 11.4. The second-order valence-electron chi connectivity index (χ2n) is 17.7. The minimum atomic E-state index is -0.458. The normalized spacial score (nSPS) is 16.1. The zero-order valence-corrected chi connectivity index (χ0v) is 39.2. The van der Waals surface area contributed by atoms with Gasteiger partial charge in [-0.2, -0.15) is 0 Å². The molecule has 0 fully saturated rings. The summed E-state index contributed by atoms with van der Waals surface area (Å²) in [5.74, 6) is 0.351. The maximum absolute atomic E-state index is 12.1. The van der Waals surface area contributed by atoms with Crippen LogP contribution in [0.5, 0.6) is 0 Å². The van der Waals surface area contributed by atoms with Crippen LogP contribution < -0.4 is 9.80 Å². The van der Waals surface area contributed by atoms with E-state index in [-0.39, 0.29) is 11.9 Å². The van der Waals surface area contributed by atoms with Crippen LogP contribution in [0.4, 0.5) is 22.7 Å². The first-order valence-corrected chi connectivity index (χ1v) is 23.3. The van der Waals surface area contributed by atoms with E-state index in [0.29, 0.717) is 23.0 Å². The molecule has 0 amide bonds. The van der Waals surface area contributed by atoms with Crippen molar-refractivity contribution in [2.75, 3.05) is 38.1 Å². The molecular formula is C56H64N4O6. The number of ether oxygens (including phenoxy) is 2. The Balaban J connectivity index is 0.000000196. The molecule has 2 aromatic heterocycles. The molecule has 0 saturated carbocycles. The standard InChI is InChI=1S/2C28H32N2O3/c2*1-19(31)20-9-11-24(12-10-20)30(2)25-13-14-26-21(5-4-6-22(26)17-25)7-8-23-18-29-16-15-27(23)28(32)33-3/h2*9-19,21,31H,4-8H2,1-3H3/t2*19-,21?/m10/s1. The molecule has 0 saturated heterocycles. The maximum atomic E-state index is 12.1. The Kier molecular flexibility index (Phi) is 16.0. The van der Waals surface area contributed by atoms with Crippen LogP contribution in [0.25, 0.3) is 0 Å². The van der Waals surface area contributed by atoms with Gasteiger partial charge in [0.25, 0.3) is 0 Å². The van der Waals surface area contributed by atoms with E-state index in [1.807, 2.05) is 24.3 Å². The molecule has 0 bridgehead atoms. The van der Waals surface area contributed by atoms with Crippen LogP contribution in [-0.2, 0) is 35.2 Å². The molecule has 2 unspecified atom stereocenters. The van der Waals surface area contributed by atoms with Gasteiger partial charge in [0, 0.05) is 61.6 Å². The molecule has 0 aliphatic heterocycles. The van der Waals surface area contributed by atoms with Crippen LogP contribution in [0.2, 0.25) is 0 Å². The number of carbonyl (C=O) groups excluding carboxylic acids is 2. The maximum Gasteiger partial charge on any atom is 0.338 e. The lowest BCUT2D eigenvalue weighted by atomic mass is 9.79. The molecule has 2 N–H and O–H groups in total. The summed E-state index contributed by atoms with van der Waals surface area (Å²) in [6.07, 6.45) is 16.4. The number of aliphatic hydroxyl groups is 2. The molecule has 66 heavy (non-hydrogen) atoms. The van der Waals surface area contributed by atoms with Crippen molar-refractivity contribution in [1.82, 2.24) is 9.97 Å². The number of aliphatic hydroxyl groups excluding tert-OH is 2. The van der Waals surface area contributed by atoms with Gasteiger partial charge in [-0.15, -0.1) is 0 Å². The number of benzene rings is 4. The fraction of sp³-hybridized carbons (Fsp3) is 0.357. The predicted octanol–water partition coefficient (Wildman–Crippen LogP) is 11.5. The van der Waals surface area contributed by atoms with Crippen LogP contribution >= 0.6 is 0 Å². The Labute approximate surface area is 390 Å². The number of pyridine rings is 2. The van der Waals surface area contributed by atoms with Crippen LogP contribution in [0.1, 0.15) is 142 Å². The van der Waals surface area contributed by atoms with Crippen molar-refractivity contribution in [3.8, 4) is 0 Å². The van der Waals surface area contributed by atoms with E-state index in [1.165, 1.54) is 60.7 Å². The molecule has 4 aromatic carbocycles. The van der Waals surface area contributed by atoms with Gasteiger partial charge in [-0.25, -0.2) is 9.59 Å². The number of methoxy groups -OCH3 is 2. The SMILES string of the molecule is COC(=O)c1ccncc1CCC1CCCc2cc(N(C)c3ccc([C@@H](C)O)cc3)ccc21.COC(=O)c1ccncc1CCC1CCCc2cc(N(C)c3ccc([C@H](C)O)cc3)ccc21. The van der Waals surface area contributed by atoms with Gasteiger partial charge in [-0.05, 0) is 195 Å². The average Bonchev–Trinajstić information content (AvgIpc) is 3.36. The lowest BCUT2D eigenvalue weighted by molar-refractivity contribution is 0.0590. The van der Waals surface area contributed by atoms with Crippen molar-refractivity contribution in [1.29, 1.82) is 0 Å².